The summed E-state index contributed by atoms with van der Waals surface area (Å²) in [5.41, 5.74) is 0.576. The van der Waals surface area contributed by atoms with Crippen molar-refractivity contribution in [3.63, 3.8) is 0 Å². The van der Waals surface area contributed by atoms with Crippen LogP contribution in [-0.4, -0.2) is 41.0 Å². The number of dihydropyridines is 1. The third kappa shape index (κ3) is 1.30. The van der Waals surface area contributed by atoms with Crippen LogP contribution in [0, 0.1) is 5.92 Å². The molecule has 0 saturated heterocycles. The fourth-order valence-electron chi connectivity index (χ4n) is 1.36. The summed E-state index contributed by atoms with van der Waals surface area (Å²) in [6, 6.07) is 0. The Morgan fingerprint density at radius 3 is 3.14 bits per heavy atom. The summed E-state index contributed by atoms with van der Waals surface area (Å²) in [6.45, 7) is -0.236. The lowest BCUT2D eigenvalue weighted by Crippen LogP contribution is -2.27. The van der Waals surface area contributed by atoms with Crippen molar-refractivity contribution in [3.05, 3.63) is 11.8 Å². The van der Waals surface area contributed by atoms with E-state index >= 15 is 0 Å². The largest absolute Gasteiger partial charge is 0.480 e. The lowest BCUT2D eigenvalue weighted by atomic mass is 10.1. The molecule has 0 radical (unpaired) electrons. The van der Waals surface area contributed by atoms with Crippen molar-refractivity contribution >= 4 is 24.3 Å². The summed E-state index contributed by atoms with van der Waals surface area (Å²) >= 11 is 0. The van der Waals surface area contributed by atoms with Gasteiger partial charge >= 0.3 is 5.97 Å². The Kier molecular flexibility index (Phi) is 1.88. The third-order valence-corrected chi connectivity index (χ3v) is 1.97. The molecule has 0 aliphatic carbocycles. The van der Waals surface area contributed by atoms with Crippen molar-refractivity contribution in [2.45, 2.75) is 0 Å². The Labute approximate surface area is 79.2 Å². The number of carbonyl (C=O) groups is 2. The van der Waals surface area contributed by atoms with Gasteiger partial charge in [0.1, 0.15) is 12.5 Å². The van der Waals surface area contributed by atoms with Crippen LogP contribution in [0.15, 0.2) is 21.9 Å². The van der Waals surface area contributed by atoms with Crippen LogP contribution >= 0.6 is 0 Å². The molecule has 1 amide bonds. The van der Waals surface area contributed by atoms with Gasteiger partial charge in [-0.1, -0.05) is 0 Å². The highest BCUT2D eigenvalue weighted by Crippen LogP contribution is 2.24. The molecule has 2 aliphatic heterocycles. The molecule has 6 nitrogen and oxygen atoms in total. The van der Waals surface area contributed by atoms with Crippen molar-refractivity contribution in [2.24, 2.45) is 16.0 Å². The lowest BCUT2D eigenvalue weighted by molar-refractivity contribution is -0.138. The van der Waals surface area contributed by atoms with Gasteiger partial charge in [-0.3, -0.25) is 14.6 Å². The molecule has 72 valence electrons. The van der Waals surface area contributed by atoms with Gasteiger partial charge in [-0.05, 0) is 6.08 Å². The van der Waals surface area contributed by atoms with Gasteiger partial charge in [-0.2, -0.15) is 5.10 Å². The van der Waals surface area contributed by atoms with Crippen molar-refractivity contribution in [2.75, 3.05) is 6.54 Å². The smallest absolute Gasteiger partial charge is 0.325 e. The number of hydrogen-bond acceptors (Lipinski definition) is 4. The highest BCUT2D eigenvalue weighted by atomic mass is 16.4. The molecule has 0 saturated carbocycles. The number of carbonyl (C=O) groups excluding carboxylic acids is 1. The highest BCUT2D eigenvalue weighted by molar-refractivity contribution is 6.05. The van der Waals surface area contributed by atoms with Crippen molar-refractivity contribution < 1.29 is 14.7 Å². The van der Waals surface area contributed by atoms with Gasteiger partial charge in [-0.25, -0.2) is 4.99 Å². The van der Waals surface area contributed by atoms with Gasteiger partial charge in [0.25, 0.3) is 5.91 Å². The third-order valence-electron chi connectivity index (χ3n) is 1.97. The number of nitrogens with zero attached hydrogens (tertiary/aromatic N) is 3. The number of carboxylic acid groups (broad SMARTS) is 1. The molecule has 0 aromatic carbocycles. The van der Waals surface area contributed by atoms with Crippen LogP contribution < -0.4 is 0 Å². The zero-order valence-corrected chi connectivity index (χ0v) is 7.12. The van der Waals surface area contributed by atoms with Gasteiger partial charge in [0.05, 0.1) is 5.70 Å². The first kappa shape index (κ1) is 8.61. The molecule has 2 rings (SSSR count). The first-order chi connectivity index (χ1) is 6.68. The Bertz CT molecular complexity index is 383. The summed E-state index contributed by atoms with van der Waals surface area (Å²) in [6.07, 6.45) is 4.37. The minimum atomic E-state index is -0.987. The molecule has 1 unspecified atom stereocenters. The van der Waals surface area contributed by atoms with Crippen LogP contribution in [0.5, 0.6) is 0 Å². The number of aliphatic imine (C=N–C) groups is 1. The van der Waals surface area contributed by atoms with E-state index in [1.54, 1.807) is 6.08 Å². The van der Waals surface area contributed by atoms with Crippen LogP contribution in [-0.2, 0) is 9.59 Å². The fraction of sp³-hybridized carbons (Fsp3) is 0.250. The number of fused-ring (bicyclic) bond motifs is 1. The number of aliphatic carboxylic acids is 1. The number of amides is 1. The van der Waals surface area contributed by atoms with E-state index in [1.807, 2.05) is 0 Å². The van der Waals surface area contributed by atoms with E-state index < -0.39 is 11.9 Å². The van der Waals surface area contributed by atoms with Crippen molar-refractivity contribution in [1.82, 2.24) is 5.01 Å². The standard InChI is InChI=1S/C8H7N3O3/c12-7(13)4-11-6-1-2-9-8(14)5(6)3-10-11/h1-3,5H,4H2,(H,12,13). The molecule has 0 aromatic heterocycles. The second-order valence-electron chi connectivity index (χ2n) is 2.90. The highest BCUT2D eigenvalue weighted by Gasteiger charge is 2.32. The maximum absolute atomic E-state index is 11.2. The Balaban J connectivity index is 2.22. The maximum atomic E-state index is 11.2. The Hall–Kier alpha value is -1.98. The summed E-state index contributed by atoms with van der Waals surface area (Å²) in [5, 5.41) is 13.7. The molecule has 6 heteroatoms. The molecular formula is C8H7N3O3. The van der Waals surface area contributed by atoms with Crippen LogP contribution in [0.25, 0.3) is 0 Å². The average molecular weight is 193 g/mol. The zero-order valence-electron chi connectivity index (χ0n) is 7.12. The Morgan fingerprint density at radius 2 is 2.43 bits per heavy atom. The molecule has 1 N–H and O–H groups in total. The van der Waals surface area contributed by atoms with E-state index in [-0.39, 0.29) is 12.5 Å². The van der Waals surface area contributed by atoms with Gasteiger partial charge in [0, 0.05) is 12.4 Å². The number of hydrazone groups is 1. The minimum Gasteiger partial charge on any atom is -0.480 e. The molecule has 0 spiro atoms. The van der Waals surface area contributed by atoms with Gasteiger partial charge in [0.15, 0.2) is 0 Å². The van der Waals surface area contributed by atoms with Crippen LogP contribution in [0.2, 0.25) is 0 Å². The molecule has 14 heavy (non-hydrogen) atoms. The van der Waals surface area contributed by atoms with Gasteiger partial charge in [0.2, 0.25) is 0 Å². The first-order valence-electron chi connectivity index (χ1n) is 4.00. The number of carboxylic acids is 1. The first-order valence-corrected chi connectivity index (χ1v) is 4.00. The van der Waals surface area contributed by atoms with E-state index in [0.717, 1.165) is 0 Å². The monoisotopic (exact) mass is 193 g/mol. The van der Waals surface area contributed by atoms with Gasteiger partial charge in [-0.15, -0.1) is 0 Å². The van der Waals surface area contributed by atoms with Crippen LogP contribution in [0.3, 0.4) is 0 Å². The van der Waals surface area contributed by atoms with E-state index in [9.17, 15) is 9.59 Å². The van der Waals surface area contributed by atoms with E-state index in [4.69, 9.17) is 5.11 Å². The second kappa shape index (κ2) is 3.06. The summed E-state index contributed by atoms with van der Waals surface area (Å²) in [7, 11) is 0. The average Bonchev–Trinajstić information content (AvgIpc) is 2.49. The summed E-state index contributed by atoms with van der Waals surface area (Å²) < 4.78 is 0. The second-order valence-corrected chi connectivity index (χ2v) is 2.90. The van der Waals surface area contributed by atoms with Crippen LogP contribution in [0.4, 0.5) is 0 Å². The topological polar surface area (TPSA) is 82.3 Å². The summed E-state index contributed by atoms with van der Waals surface area (Å²) in [5.74, 6) is -1.79. The SMILES string of the molecule is O=C(O)CN1N=CC2C(=O)N=CC=C21. The zero-order chi connectivity index (χ0) is 10.1. The molecule has 2 aliphatic rings. The van der Waals surface area contributed by atoms with E-state index in [2.05, 4.69) is 10.1 Å². The fourth-order valence-corrected chi connectivity index (χ4v) is 1.36. The van der Waals surface area contributed by atoms with Crippen LogP contribution in [0.1, 0.15) is 0 Å². The number of allylic oxidation sites excluding steroid dienone is 1. The lowest BCUT2D eigenvalue weighted by Gasteiger charge is -2.17. The number of rotatable bonds is 2. The normalized spacial score (nSPS) is 23.7. The molecule has 0 aromatic rings. The molecular weight excluding hydrogens is 186 g/mol. The number of hydrogen-bond donors (Lipinski definition) is 1. The molecule has 0 fully saturated rings. The maximum Gasteiger partial charge on any atom is 0.325 e. The summed E-state index contributed by atoms with van der Waals surface area (Å²) in [4.78, 5) is 25.2. The van der Waals surface area contributed by atoms with E-state index in [1.165, 1.54) is 17.4 Å². The molecule has 0 bridgehead atoms. The predicted octanol–water partition coefficient (Wildman–Crippen LogP) is -0.516. The molecule has 2 heterocycles. The predicted molar refractivity (Wildman–Crippen MR) is 47.9 cm³/mol. The quantitative estimate of drug-likeness (QED) is 0.639. The van der Waals surface area contributed by atoms with Crippen molar-refractivity contribution in [1.29, 1.82) is 0 Å². The minimum absolute atomic E-state index is 0.236. The van der Waals surface area contributed by atoms with Gasteiger partial charge < -0.3 is 5.11 Å². The van der Waals surface area contributed by atoms with Crippen molar-refractivity contribution in [3.8, 4) is 0 Å². The molecule has 1 atom stereocenters. The van der Waals surface area contributed by atoms with E-state index in [0.29, 0.717) is 5.70 Å². The Morgan fingerprint density at radius 1 is 1.64 bits per heavy atom.